The molecule has 1 atom stereocenters. The second kappa shape index (κ2) is 9.11. The van der Waals surface area contributed by atoms with Crippen molar-refractivity contribution in [2.24, 2.45) is 5.92 Å². The highest BCUT2D eigenvalue weighted by atomic mass is 16.5. The molecule has 0 saturated carbocycles. The van der Waals surface area contributed by atoms with Crippen molar-refractivity contribution in [1.29, 1.82) is 0 Å². The lowest BCUT2D eigenvalue weighted by Crippen LogP contribution is -2.31. The van der Waals surface area contributed by atoms with Crippen molar-refractivity contribution in [3.63, 3.8) is 0 Å². The van der Waals surface area contributed by atoms with Gasteiger partial charge in [-0.1, -0.05) is 50.2 Å². The number of methoxy groups -OCH3 is 1. The number of benzene rings is 2. The van der Waals surface area contributed by atoms with Crippen LogP contribution in [-0.2, 0) is 11.2 Å². The fourth-order valence-electron chi connectivity index (χ4n) is 2.66. The maximum absolute atomic E-state index is 12.1. The van der Waals surface area contributed by atoms with Gasteiger partial charge in [0.25, 0.3) is 5.91 Å². The third-order valence-corrected chi connectivity index (χ3v) is 3.93. The Morgan fingerprint density at radius 3 is 2.24 bits per heavy atom. The van der Waals surface area contributed by atoms with Crippen LogP contribution in [-0.4, -0.2) is 19.6 Å². The zero-order valence-corrected chi connectivity index (χ0v) is 15.4. The Balaban J connectivity index is 1.87. The third kappa shape index (κ3) is 5.82. The van der Waals surface area contributed by atoms with Crippen LogP contribution in [0.1, 0.15) is 37.9 Å². The first-order valence-corrected chi connectivity index (χ1v) is 8.63. The topological polar surface area (TPSA) is 47.6 Å². The Morgan fingerprint density at radius 2 is 1.64 bits per heavy atom. The number of rotatable bonds is 8. The molecule has 4 nitrogen and oxygen atoms in total. The van der Waals surface area contributed by atoms with Gasteiger partial charge < -0.3 is 14.8 Å². The second-order valence-corrected chi connectivity index (χ2v) is 6.57. The van der Waals surface area contributed by atoms with E-state index < -0.39 is 0 Å². The lowest BCUT2D eigenvalue weighted by Gasteiger charge is -2.16. The average molecular weight is 341 g/mol. The number of hydrogen-bond donors (Lipinski definition) is 1. The Bertz CT molecular complexity index is 680. The first-order valence-electron chi connectivity index (χ1n) is 8.63. The Morgan fingerprint density at radius 1 is 1.00 bits per heavy atom. The van der Waals surface area contributed by atoms with Crippen LogP contribution < -0.4 is 14.8 Å². The standard InChI is InChI=1S/C21H27NO3/c1-15(2)13-17-9-11-18(12-10-17)16(3)22-21(23)14-25-20-8-6-5-7-19(20)24-4/h5-12,15-16H,13-14H2,1-4H3,(H,22,23)/t16-/m0/s1. The highest BCUT2D eigenvalue weighted by Crippen LogP contribution is 2.25. The lowest BCUT2D eigenvalue weighted by atomic mass is 10.00. The van der Waals surface area contributed by atoms with Crippen molar-refractivity contribution in [2.75, 3.05) is 13.7 Å². The van der Waals surface area contributed by atoms with Crippen LogP contribution >= 0.6 is 0 Å². The minimum absolute atomic E-state index is 0.0455. The van der Waals surface area contributed by atoms with Crippen molar-refractivity contribution < 1.29 is 14.3 Å². The largest absolute Gasteiger partial charge is 0.493 e. The summed E-state index contributed by atoms with van der Waals surface area (Å²) >= 11 is 0. The van der Waals surface area contributed by atoms with E-state index in [0.29, 0.717) is 17.4 Å². The molecule has 0 radical (unpaired) electrons. The van der Waals surface area contributed by atoms with Gasteiger partial charge in [0, 0.05) is 0 Å². The molecule has 2 rings (SSSR count). The zero-order chi connectivity index (χ0) is 18.2. The number of carbonyl (C=O) groups is 1. The molecule has 0 saturated heterocycles. The summed E-state index contributed by atoms with van der Waals surface area (Å²) in [5.41, 5.74) is 2.40. The highest BCUT2D eigenvalue weighted by molar-refractivity contribution is 5.78. The lowest BCUT2D eigenvalue weighted by molar-refractivity contribution is -0.123. The van der Waals surface area contributed by atoms with E-state index in [1.807, 2.05) is 19.1 Å². The summed E-state index contributed by atoms with van der Waals surface area (Å²) in [6.07, 6.45) is 1.06. The molecule has 0 aliphatic carbocycles. The van der Waals surface area contributed by atoms with Gasteiger partial charge in [0.1, 0.15) is 0 Å². The first kappa shape index (κ1) is 18.8. The third-order valence-electron chi connectivity index (χ3n) is 3.93. The predicted octanol–water partition coefficient (Wildman–Crippen LogP) is 4.15. The molecule has 0 aromatic heterocycles. The Kier molecular flexibility index (Phi) is 6.87. The quantitative estimate of drug-likeness (QED) is 0.784. The molecule has 134 valence electrons. The van der Waals surface area contributed by atoms with E-state index in [9.17, 15) is 4.79 Å². The summed E-state index contributed by atoms with van der Waals surface area (Å²) in [6.45, 7) is 6.34. The summed E-state index contributed by atoms with van der Waals surface area (Å²) < 4.78 is 10.8. The number of carbonyl (C=O) groups excluding carboxylic acids is 1. The van der Waals surface area contributed by atoms with Crippen molar-refractivity contribution in [3.8, 4) is 11.5 Å². The molecule has 1 N–H and O–H groups in total. The van der Waals surface area contributed by atoms with Crippen molar-refractivity contribution in [1.82, 2.24) is 5.32 Å². The van der Waals surface area contributed by atoms with Gasteiger partial charge >= 0.3 is 0 Å². The molecule has 0 aliphatic rings. The van der Waals surface area contributed by atoms with Gasteiger partial charge in [-0.2, -0.15) is 0 Å². The molecular formula is C21H27NO3. The van der Waals surface area contributed by atoms with E-state index in [1.165, 1.54) is 5.56 Å². The Labute approximate surface area is 150 Å². The Hall–Kier alpha value is -2.49. The van der Waals surface area contributed by atoms with Crippen LogP contribution in [0.15, 0.2) is 48.5 Å². The van der Waals surface area contributed by atoms with Gasteiger partial charge in [0.05, 0.1) is 13.2 Å². The van der Waals surface area contributed by atoms with Gasteiger partial charge in [-0.3, -0.25) is 4.79 Å². The van der Waals surface area contributed by atoms with Gasteiger partial charge in [-0.15, -0.1) is 0 Å². The molecule has 0 unspecified atom stereocenters. The summed E-state index contributed by atoms with van der Waals surface area (Å²) in [6, 6.07) is 15.6. The molecule has 0 fully saturated rings. The van der Waals surface area contributed by atoms with Gasteiger partial charge in [0.15, 0.2) is 18.1 Å². The number of hydrogen-bond acceptors (Lipinski definition) is 3. The molecule has 4 heteroatoms. The minimum atomic E-state index is -0.162. The van der Waals surface area contributed by atoms with Gasteiger partial charge in [-0.05, 0) is 42.5 Å². The van der Waals surface area contributed by atoms with E-state index in [4.69, 9.17) is 9.47 Å². The summed E-state index contributed by atoms with van der Waals surface area (Å²) in [5.74, 6) is 1.65. The maximum atomic E-state index is 12.1. The number of para-hydroxylation sites is 2. The summed E-state index contributed by atoms with van der Waals surface area (Å²) in [7, 11) is 1.58. The number of ether oxygens (including phenoxy) is 2. The van der Waals surface area contributed by atoms with E-state index in [1.54, 1.807) is 19.2 Å². The monoisotopic (exact) mass is 341 g/mol. The van der Waals surface area contributed by atoms with Crippen LogP contribution in [0.5, 0.6) is 11.5 Å². The number of amides is 1. The van der Waals surface area contributed by atoms with E-state index in [-0.39, 0.29) is 18.6 Å². The number of nitrogens with one attached hydrogen (secondary N) is 1. The average Bonchev–Trinajstić information content (AvgIpc) is 2.60. The normalized spacial score (nSPS) is 11.9. The minimum Gasteiger partial charge on any atom is -0.493 e. The molecular weight excluding hydrogens is 314 g/mol. The van der Waals surface area contributed by atoms with Crippen molar-refractivity contribution >= 4 is 5.91 Å². The second-order valence-electron chi connectivity index (χ2n) is 6.57. The first-order chi connectivity index (χ1) is 12.0. The van der Waals surface area contributed by atoms with Gasteiger partial charge in [0.2, 0.25) is 0 Å². The van der Waals surface area contributed by atoms with Crippen LogP contribution in [0.2, 0.25) is 0 Å². The van der Waals surface area contributed by atoms with Crippen molar-refractivity contribution in [3.05, 3.63) is 59.7 Å². The van der Waals surface area contributed by atoms with Crippen molar-refractivity contribution in [2.45, 2.75) is 33.2 Å². The molecule has 0 heterocycles. The van der Waals surface area contributed by atoms with Crippen LogP contribution in [0, 0.1) is 5.92 Å². The van der Waals surface area contributed by atoms with Crippen LogP contribution in [0.3, 0.4) is 0 Å². The molecule has 25 heavy (non-hydrogen) atoms. The fraction of sp³-hybridized carbons (Fsp3) is 0.381. The van der Waals surface area contributed by atoms with E-state index in [2.05, 4.69) is 43.4 Å². The highest BCUT2D eigenvalue weighted by Gasteiger charge is 2.11. The predicted molar refractivity (Wildman–Crippen MR) is 100 cm³/mol. The molecule has 2 aromatic rings. The van der Waals surface area contributed by atoms with Gasteiger partial charge in [-0.25, -0.2) is 0 Å². The maximum Gasteiger partial charge on any atom is 0.258 e. The fourth-order valence-corrected chi connectivity index (χ4v) is 2.66. The SMILES string of the molecule is COc1ccccc1OCC(=O)N[C@@H](C)c1ccc(CC(C)C)cc1. The van der Waals surface area contributed by atoms with E-state index >= 15 is 0 Å². The molecule has 0 spiro atoms. The molecule has 0 bridgehead atoms. The molecule has 1 amide bonds. The van der Waals surface area contributed by atoms with Crippen LogP contribution in [0.4, 0.5) is 0 Å². The smallest absolute Gasteiger partial charge is 0.258 e. The summed E-state index contributed by atoms with van der Waals surface area (Å²) in [5, 5.41) is 2.96. The molecule has 2 aromatic carbocycles. The zero-order valence-electron chi connectivity index (χ0n) is 15.4. The summed E-state index contributed by atoms with van der Waals surface area (Å²) in [4.78, 5) is 12.1. The molecule has 0 aliphatic heterocycles. The van der Waals surface area contributed by atoms with E-state index in [0.717, 1.165) is 12.0 Å². The van der Waals surface area contributed by atoms with Crippen LogP contribution in [0.25, 0.3) is 0 Å².